The first kappa shape index (κ1) is 11.6. The van der Waals surface area contributed by atoms with Crippen molar-refractivity contribution in [3.63, 3.8) is 0 Å². The molecule has 3 rings (SSSR count). The van der Waals surface area contributed by atoms with E-state index in [0.29, 0.717) is 11.4 Å². The van der Waals surface area contributed by atoms with Crippen molar-refractivity contribution >= 4 is 28.5 Å². The molecule has 0 saturated heterocycles. The summed E-state index contributed by atoms with van der Waals surface area (Å²) in [5.74, 6) is -1.40. The van der Waals surface area contributed by atoms with Crippen LogP contribution in [0.4, 0.5) is 0 Å². The lowest BCUT2D eigenvalue weighted by atomic mass is 9.85. The van der Waals surface area contributed by atoms with E-state index in [1.54, 1.807) is 12.1 Å². The minimum absolute atomic E-state index is 0.262. The first-order valence-corrected chi connectivity index (χ1v) is 6.15. The molecule has 1 aliphatic carbocycles. The second kappa shape index (κ2) is 4.00. The number of aromatic amines is 1. The maximum Gasteiger partial charge on any atom is 0.306 e. The maximum absolute atomic E-state index is 11.0. The molecule has 2 atom stereocenters. The molecular weight excluding hydrogens is 254 g/mol. The first-order valence-electron chi connectivity index (χ1n) is 5.77. The summed E-state index contributed by atoms with van der Waals surface area (Å²) in [7, 11) is 0. The lowest BCUT2D eigenvalue weighted by Gasteiger charge is -2.23. The third kappa shape index (κ3) is 1.69. The molecule has 2 unspecified atom stereocenters. The van der Waals surface area contributed by atoms with Gasteiger partial charge in [-0.05, 0) is 18.6 Å². The second-order valence-electron chi connectivity index (χ2n) is 4.70. The fourth-order valence-electron chi connectivity index (χ4n) is 2.69. The Kier molecular flexibility index (Phi) is 2.57. The fraction of sp³-hybridized carbons (Fsp3) is 0.308. The van der Waals surface area contributed by atoms with Crippen molar-refractivity contribution in [1.29, 1.82) is 0 Å². The topological polar surface area (TPSA) is 73.3 Å². The molecule has 94 valence electrons. The Morgan fingerprint density at radius 3 is 2.94 bits per heavy atom. The number of halogens is 1. The van der Waals surface area contributed by atoms with Crippen LogP contribution in [0, 0.1) is 5.92 Å². The molecule has 0 bridgehead atoms. The van der Waals surface area contributed by atoms with Crippen LogP contribution in [0.3, 0.4) is 0 Å². The van der Waals surface area contributed by atoms with E-state index in [0.717, 1.165) is 22.2 Å². The molecule has 0 aliphatic heterocycles. The molecule has 4 nitrogen and oxygen atoms in total. The molecule has 1 aromatic carbocycles. The van der Waals surface area contributed by atoms with Gasteiger partial charge >= 0.3 is 5.97 Å². The van der Waals surface area contributed by atoms with Crippen LogP contribution >= 0.6 is 11.6 Å². The third-order valence-corrected chi connectivity index (χ3v) is 3.76. The largest absolute Gasteiger partial charge is 0.481 e. The molecule has 3 N–H and O–H groups in total. The predicted molar refractivity (Wildman–Crippen MR) is 67.7 cm³/mol. The van der Waals surface area contributed by atoms with E-state index in [9.17, 15) is 9.90 Å². The van der Waals surface area contributed by atoms with Crippen molar-refractivity contribution < 1.29 is 15.0 Å². The van der Waals surface area contributed by atoms with Gasteiger partial charge in [0, 0.05) is 33.6 Å². The zero-order valence-corrected chi connectivity index (χ0v) is 10.2. The highest BCUT2D eigenvalue weighted by Gasteiger charge is 2.32. The lowest BCUT2D eigenvalue weighted by Crippen LogP contribution is -2.24. The van der Waals surface area contributed by atoms with Gasteiger partial charge in [0.2, 0.25) is 0 Å². The Morgan fingerprint density at radius 1 is 1.44 bits per heavy atom. The van der Waals surface area contributed by atoms with Crippen LogP contribution < -0.4 is 0 Å². The van der Waals surface area contributed by atoms with Crippen LogP contribution in [0.1, 0.15) is 23.8 Å². The number of aliphatic carboxylic acids is 1. The standard InChI is InChI=1S/C13H12ClNO3/c14-7-1-2-8-9(5-7)15-10-3-6(13(17)18)4-11(16)12(8)10/h1-2,5-6,11,15-16H,3-4H2,(H,17,18). The third-order valence-electron chi connectivity index (χ3n) is 3.52. The number of hydrogen-bond donors (Lipinski definition) is 3. The molecule has 0 fully saturated rings. The van der Waals surface area contributed by atoms with E-state index in [4.69, 9.17) is 16.7 Å². The minimum atomic E-state index is -0.864. The van der Waals surface area contributed by atoms with Crippen molar-refractivity contribution in [2.45, 2.75) is 18.9 Å². The average molecular weight is 266 g/mol. The second-order valence-corrected chi connectivity index (χ2v) is 5.13. The molecule has 1 aromatic heterocycles. The van der Waals surface area contributed by atoms with Crippen LogP contribution in [0.2, 0.25) is 5.02 Å². The number of carboxylic acids is 1. The van der Waals surface area contributed by atoms with E-state index in [2.05, 4.69) is 4.98 Å². The van der Waals surface area contributed by atoms with Gasteiger partial charge < -0.3 is 15.2 Å². The number of aliphatic hydroxyl groups excluding tert-OH is 1. The summed E-state index contributed by atoms with van der Waals surface area (Å²) in [6, 6.07) is 5.42. The Morgan fingerprint density at radius 2 is 2.22 bits per heavy atom. The minimum Gasteiger partial charge on any atom is -0.481 e. The van der Waals surface area contributed by atoms with Gasteiger partial charge in [-0.2, -0.15) is 0 Å². The normalized spacial score (nSPS) is 23.0. The van der Waals surface area contributed by atoms with Gasteiger partial charge in [-0.1, -0.05) is 17.7 Å². The number of aromatic nitrogens is 1. The van der Waals surface area contributed by atoms with Crippen LogP contribution in [0.15, 0.2) is 18.2 Å². The monoisotopic (exact) mass is 265 g/mol. The fourth-order valence-corrected chi connectivity index (χ4v) is 2.87. The molecule has 1 aliphatic rings. The zero-order chi connectivity index (χ0) is 12.9. The SMILES string of the molecule is O=C(O)C1Cc2[nH]c3cc(Cl)ccc3c2C(O)C1. The van der Waals surface area contributed by atoms with Gasteiger partial charge in [0.25, 0.3) is 0 Å². The predicted octanol–water partition coefficient (Wildman–Crippen LogP) is 2.50. The molecule has 2 aromatic rings. The lowest BCUT2D eigenvalue weighted by molar-refractivity contribution is -0.143. The van der Waals surface area contributed by atoms with Crippen LogP contribution in [0.25, 0.3) is 10.9 Å². The first-order chi connectivity index (χ1) is 8.56. The number of carboxylic acid groups (broad SMARTS) is 1. The van der Waals surface area contributed by atoms with Gasteiger partial charge in [-0.15, -0.1) is 0 Å². The van der Waals surface area contributed by atoms with E-state index in [1.807, 2.05) is 6.07 Å². The van der Waals surface area contributed by atoms with Crippen molar-refractivity contribution in [2.75, 3.05) is 0 Å². The molecule has 1 heterocycles. The Labute approximate surface area is 108 Å². The van der Waals surface area contributed by atoms with Crippen molar-refractivity contribution in [2.24, 2.45) is 5.92 Å². The van der Waals surface area contributed by atoms with Crippen LogP contribution in [-0.4, -0.2) is 21.2 Å². The average Bonchev–Trinajstić information content (AvgIpc) is 2.66. The highest BCUT2D eigenvalue weighted by atomic mass is 35.5. The number of carbonyl (C=O) groups is 1. The Balaban J connectivity index is 2.15. The molecule has 5 heteroatoms. The molecule has 0 radical (unpaired) electrons. The van der Waals surface area contributed by atoms with E-state index in [1.165, 1.54) is 0 Å². The molecule has 0 saturated carbocycles. The number of fused-ring (bicyclic) bond motifs is 3. The van der Waals surface area contributed by atoms with E-state index >= 15 is 0 Å². The number of benzene rings is 1. The summed E-state index contributed by atoms with van der Waals surface area (Å²) >= 11 is 5.92. The van der Waals surface area contributed by atoms with Gasteiger partial charge in [0.05, 0.1) is 12.0 Å². The van der Waals surface area contributed by atoms with Crippen molar-refractivity contribution in [3.05, 3.63) is 34.5 Å². The van der Waals surface area contributed by atoms with E-state index in [-0.39, 0.29) is 6.42 Å². The Hall–Kier alpha value is -1.52. The maximum atomic E-state index is 11.0. The number of H-pyrrole nitrogens is 1. The summed E-state index contributed by atoms with van der Waals surface area (Å²) in [5, 5.41) is 20.7. The van der Waals surface area contributed by atoms with Crippen LogP contribution in [-0.2, 0) is 11.2 Å². The summed E-state index contributed by atoms with van der Waals surface area (Å²) in [6.07, 6.45) is -0.0452. The summed E-state index contributed by atoms with van der Waals surface area (Å²) < 4.78 is 0. The quantitative estimate of drug-likeness (QED) is 0.742. The van der Waals surface area contributed by atoms with Gasteiger partial charge in [0.15, 0.2) is 0 Å². The van der Waals surface area contributed by atoms with Crippen molar-refractivity contribution in [3.8, 4) is 0 Å². The Bertz CT molecular complexity index is 634. The molecule has 0 amide bonds. The smallest absolute Gasteiger partial charge is 0.306 e. The van der Waals surface area contributed by atoms with Gasteiger partial charge in [-0.25, -0.2) is 0 Å². The van der Waals surface area contributed by atoms with Crippen LogP contribution in [0.5, 0.6) is 0 Å². The summed E-state index contributed by atoms with van der Waals surface area (Å²) in [5.41, 5.74) is 2.47. The summed E-state index contributed by atoms with van der Waals surface area (Å²) in [6.45, 7) is 0. The van der Waals surface area contributed by atoms with Gasteiger partial charge in [0.1, 0.15) is 0 Å². The number of nitrogens with one attached hydrogen (secondary N) is 1. The van der Waals surface area contributed by atoms with Crippen molar-refractivity contribution in [1.82, 2.24) is 4.98 Å². The zero-order valence-electron chi connectivity index (χ0n) is 9.48. The molecule has 18 heavy (non-hydrogen) atoms. The number of rotatable bonds is 1. The number of hydrogen-bond acceptors (Lipinski definition) is 2. The summed E-state index contributed by atoms with van der Waals surface area (Å²) in [4.78, 5) is 14.2. The molecular formula is C13H12ClNO3. The van der Waals surface area contributed by atoms with Gasteiger partial charge in [-0.3, -0.25) is 4.79 Å². The van der Waals surface area contributed by atoms with E-state index < -0.39 is 18.0 Å². The highest BCUT2D eigenvalue weighted by molar-refractivity contribution is 6.31. The number of aliphatic hydroxyl groups is 1. The molecule has 0 spiro atoms. The highest BCUT2D eigenvalue weighted by Crippen LogP contribution is 2.38.